The highest BCUT2D eigenvalue weighted by Crippen LogP contribution is 2.51. The van der Waals surface area contributed by atoms with Crippen molar-refractivity contribution in [2.75, 3.05) is 16.5 Å². The largest absolute Gasteiger partial charge is 0.457 e. The minimum atomic E-state index is -2.61. The molecule has 7 heteroatoms. The van der Waals surface area contributed by atoms with E-state index in [2.05, 4.69) is 102 Å². The number of hydrogen-bond acceptors (Lipinski definition) is 4. The van der Waals surface area contributed by atoms with Crippen LogP contribution in [0.5, 0.6) is 11.5 Å². The Morgan fingerprint density at radius 3 is 1.87 bits per heavy atom. The van der Waals surface area contributed by atoms with Gasteiger partial charge in [0.1, 0.15) is 24.0 Å². The zero-order chi connectivity index (χ0) is 50.1. The van der Waals surface area contributed by atoms with Crippen molar-refractivity contribution in [1.29, 1.82) is 0 Å². The van der Waals surface area contributed by atoms with Gasteiger partial charge in [0.2, 0.25) is 0 Å². The number of nitrogens with zero attached hydrogens (tertiary/aromatic N) is 6. The van der Waals surface area contributed by atoms with Gasteiger partial charge >= 0.3 is 0 Å². The van der Waals surface area contributed by atoms with Gasteiger partial charge in [-0.25, -0.2) is 4.98 Å². The van der Waals surface area contributed by atoms with Gasteiger partial charge in [-0.1, -0.05) is 112 Å². The molecule has 0 N–H and O–H groups in total. The van der Waals surface area contributed by atoms with Crippen molar-refractivity contribution in [2.24, 2.45) is 14.0 Å². The van der Waals surface area contributed by atoms with Crippen LogP contribution in [0.4, 0.5) is 22.7 Å². The quantitative estimate of drug-likeness (QED) is 0.167. The molecule has 1 aliphatic rings. The number of ether oxygens (including phenoxy) is 1. The van der Waals surface area contributed by atoms with Crippen molar-refractivity contribution >= 4 is 88.2 Å². The molecule has 12 aromatic rings. The fourth-order valence-corrected chi connectivity index (χ4v) is 10.4. The summed E-state index contributed by atoms with van der Waals surface area (Å²) < 4.78 is 65.7. The summed E-state index contributed by atoms with van der Waals surface area (Å²) in [5, 5.41) is 5.16. The summed E-state index contributed by atoms with van der Waals surface area (Å²) in [6.07, 6.45) is 1.89. The molecule has 0 fully saturated rings. The van der Waals surface area contributed by atoms with E-state index >= 15 is 0 Å². The van der Waals surface area contributed by atoms with Crippen LogP contribution in [0.3, 0.4) is 0 Å². The summed E-state index contributed by atoms with van der Waals surface area (Å²) in [5.41, 5.74) is 10.3. The Bertz CT molecular complexity index is 4090. The lowest BCUT2D eigenvalue weighted by Gasteiger charge is -2.25. The molecule has 0 saturated heterocycles. The third-order valence-corrected chi connectivity index (χ3v) is 13.6. The lowest BCUT2D eigenvalue weighted by Crippen LogP contribution is -2.25. The topological polar surface area (TPSA) is 43.4 Å². The van der Waals surface area contributed by atoms with Gasteiger partial charge in [0.25, 0.3) is 0 Å². The van der Waals surface area contributed by atoms with E-state index in [1.807, 2.05) is 121 Å². The van der Waals surface area contributed by atoms with Crippen molar-refractivity contribution in [1.82, 2.24) is 18.7 Å². The Hall–Kier alpha value is -8.29. The summed E-state index contributed by atoms with van der Waals surface area (Å²) in [6.45, 7) is 1.65. The number of rotatable bonds is 6. The number of fused-ring (bicyclic) bond motifs is 10. The van der Waals surface area contributed by atoms with E-state index in [0.717, 1.165) is 77.4 Å². The van der Waals surface area contributed by atoms with E-state index in [4.69, 9.17) is 17.9 Å². The molecule has 324 valence electrons. The van der Waals surface area contributed by atoms with Gasteiger partial charge in [0.15, 0.2) is 0 Å². The highest BCUT2D eigenvalue weighted by Gasteiger charge is 2.33. The Morgan fingerprint density at radius 2 is 1.15 bits per heavy atom. The summed E-state index contributed by atoms with van der Waals surface area (Å²) >= 11 is 0. The molecule has 0 atom stereocenters. The van der Waals surface area contributed by atoms with Gasteiger partial charge < -0.3 is 23.7 Å². The molecule has 67 heavy (non-hydrogen) atoms. The molecule has 0 aliphatic carbocycles. The highest BCUT2D eigenvalue weighted by molar-refractivity contribution is 6.25. The molecule has 4 aromatic heterocycles. The number of benzene rings is 8. The fourth-order valence-electron chi connectivity index (χ4n) is 10.4. The number of aryl methyl sites for hydroxylation is 2. The Kier molecular flexibility index (Phi) is 7.25. The first kappa shape index (κ1) is 33.2. The van der Waals surface area contributed by atoms with E-state index in [9.17, 15) is 0 Å². The maximum atomic E-state index is 8.98. The van der Waals surface area contributed by atoms with Crippen LogP contribution in [0.1, 0.15) is 34.6 Å². The second kappa shape index (κ2) is 14.6. The second-order valence-electron chi connectivity index (χ2n) is 18.6. The number of pyridine rings is 1. The minimum absolute atomic E-state index is 0.0852. The molecule has 0 radical (unpaired) electrons. The monoisotopic (exact) mass is 874 g/mol. The first-order chi connectivity index (χ1) is 35.1. The van der Waals surface area contributed by atoms with E-state index in [1.54, 1.807) is 0 Å². The predicted octanol–water partition coefficient (Wildman–Crippen LogP) is 15.5. The smallest absolute Gasteiger partial charge is 0.137 e. The molecule has 0 amide bonds. The lowest BCUT2D eigenvalue weighted by molar-refractivity contribution is 0.483. The van der Waals surface area contributed by atoms with E-state index in [-0.39, 0.29) is 12.1 Å². The first-order valence-corrected chi connectivity index (χ1v) is 22.6. The molecule has 7 nitrogen and oxygen atoms in total. The standard InChI is InChI=1S/C60H48N6O/c1-60(2,3)40-30-31-61-56(33-40)66-52-29-26-39(38-16-7-6-8-17-38)32-47(52)46-28-27-43(35-55(46)66)67-42-19-15-18-41(34-42)64-37-65(54-25-14-13-24-53(54)64)59-57-48(44-20-9-11-22-50(44)62(57)4)36-49-45-21-10-12-23-51(45)63(5)58(49)59/h6-36H,37H2,1-5H3/i4D3,5D3. The fraction of sp³-hybridized carbons (Fsp3) is 0.117. The zero-order valence-electron chi connectivity index (χ0n) is 43.2. The van der Waals surface area contributed by atoms with Gasteiger partial charge in [-0.3, -0.25) is 4.57 Å². The van der Waals surface area contributed by atoms with Crippen LogP contribution in [0, 0.1) is 0 Å². The highest BCUT2D eigenvalue weighted by atomic mass is 16.5. The van der Waals surface area contributed by atoms with E-state index in [0.29, 0.717) is 39.3 Å². The number of para-hydroxylation sites is 4. The van der Waals surface area contributed by atoms with E-state index < -0.39 is 14.0 Å². The van der Waals surface area contributed by atoms with Crippen molar-refractivity contribution < 1.29 is 13.0 Å². The number of aromatic nitrogens is 4. The predicted molar refractivity (Wildman–Crippen MR) is 279 cm³/mol. The number of hydrogen-bond donors (Lipinski definition) is 0. The van der Waals surface area contributed by atoms with Gasteiger partial charge in [-0.2, -0.15) is 0 Å². The van der Waals surface area contributed by atoms with Crippen molar-refractivity contribution in [3.05, 3.63) is 194 Å². The molecule has 8 aromatic carbocycles. The third-order valence-electron chi connectivity index (χ3n) is 13.6. The lowest BCUT2D eigenvalue weighted by atomic mass is 9.88. The summed E-state index contributed by atoms with van der Waals surface area (Å²) in [6, 6.07) is 60.4. The van der Waals surface area contributed by atoms with Crippen molar-refractivity contribution in [3.63, 3.8) is 0 Å². The molecule has 0 bridgehead atoms. The summed E-state index contributed by atoms with van der Waals surface area (Å²) in [7, 11) is 0. The molecule has 13 rings (SSSR count). The average Bonchev–Trinajstić information content (AvgIpc) is 4.12. The molecule has 0 saturated carbocycles. The van der Waals surface area contributed by atoms with Crippen LogP contribution in [-0.2, 0) is 19.4 Å². The van der Waals surface area contributed by atoms with Crippen LogP contribution in [-0.4, -0.2) is 25.4 Å². The van der Waals surface area contributed by atoms with Gasteiger partial charge in [0.05, 0.1) is 39.1 Å². The maximum Gasteiger partial charge on any atom is 0.137 e. The first-order valence-electron chi connectivity index (χ1n) is 25.6. The second-order valence-corrected chi connectivity index (χ2v) is 18.6. The van der Waals surface area contributed by atoms with E-state index in [1.165, 1.54) is 14.7 Å². The van der Waals surface area contributed by atoms with Crippen molar-refractivity contribution in [3.8, 4) is 28.4 Å². The van der Waals surface area contributed by atoms with Crippen LogP contribution in [0.2, 0.25) is 0 Å². The average molecular weight is 875 g/mol. The normalized spacial score (nSPS) is 14.7. The Balaban J connectivity index is 0.953. The molecule has 0 spiro atoms. The Labute approximate surface area is 397 Å². The van der Waals surface area contributed by atoms with Gasteiger partial charge in [0, 0.05) is 89.5 Å². The van der Waals surface area contributed by atoms with Gasteiger partial charge in [-0.05, 0) is 101 Å². The molecule has 5 heterocycles. The van der Waals surface area contributed by atoms with Crippen LogP contribution in [0.15, 0.2) is 188 Å². The Morgan fingerprint density at radius 1 is 0.493 bits per heavy atom. The van der Waals surface area contributed by atoms with Crippen molar-refractivity contribution in [2.45, 2.75) is 26.2 Å². The van der Waals surface area contributed by atoms with Gasteiger partial charge in [-0.15, -0.1) is 0 Å². The van der Waals surface area contributed by atoms with Crippen LogP contribution in [0.25, 0.3) is 82.4 Å². The van der Waals surface area contributed by atoms with Crippen LogP contribution >= 0.6 is 0 Å². The molecule has 1 aliphatic heterocycles. The van der Waals surface area contributed by atoms with Crippen LogP contribution < -0.4 is 14.5 Å². The SMILES string of the molecule is [2H]C([2H])([2H])n1c2ccccc2c2cc3c4ccccc4n(C([2H])([2H])[2H])c3c(N3CN(c4cccc(Oc5ccc6c7cc(-c8ccccc8)ccc7n(-c7cc(C(C)(C)C)ccn7)c6c5)c4)c4ccccc43)c21. The summed E-state index contributed by atoms with van der Waals surface area (Å²) in [5.74, 6) is 2.09. The summed E-state index contributed by atoms with van der Waals surface area (Å²) in [4.78, 5) is 9.18. The number of anilines is 4. The maximum absolute atomic E-state index is 8.98. The molecular formula is C60H48N6O. The minimum Gasteiger partial charge on any atom is -0.457 e. The third kappa shape index (κ3) is 6.00. The molecular weight excluding hydrogens is 821 g/mol. The molecule has 0 unspecified atom stereocenters. The zero-order valence-corrected chi connectivity index (χ0v) is 37.2.